The van der Waals surface area contributed by atoms with Crippen LogP contribution in [-0.4, -0.2) is 46.7 Å². The number of rotatable bonds is 8. The minimum Gasteiger partial charge on any atom is -0.462 e. The molecule has 10 heteroatoms. The molecule has 168 valence electrons. The number of esters is 1. The number of hydrogen-bond acceptors (Lipinski definition) is 7. The molecule has 3 aromatic rings. The van der Waals surface area contributed by atoms with Crippen LogP contribution in [0, 0.1) is 6.92 Å². The number of amides is 2. The van der Waals surface area contributed by atoms with E-state index in [-0.39, 0.29) is 29.7 Å². The van der Waals surface area contributed by atoms with Crippen molar-refractivity contribution in [1.29, 1.82) is 0 Å². The average Bonchev–Trinajstić information content (AvgIpc) is 3.31. The molecule has 0 aliphatic carbocycles. The second-order valence-corrected chi connectivity index (χ2v) is 8.71. The third-order valence-corrected chi connectivity index (χ3v) is 6.91. The van der Waals surface area contributed by atoms with E-state index in [1.165, 1.54) is 18.8 Å². The number of nitrogens with zero attached hydrogens (tertiary/aromatic N) is 2. The highest BCUT2D eigenvalue weighted by Crippen LogP contribution is 2.34. The van der Waals surface area contributed by atoms with Crippen LogP contribution in [0.3, 0.4) is 0 Å². The lowest BCUT2D eigenvalue weighted by atomic mass is 10.1. The topological polar surface area (TPSA) is 102 Å². The number of thiophene rings is 1. The first-order chi connectivity index (χ1) is 15.4. The molecule has 3 rings (SSSR count). The number of nitrogens with one attached hydrogen (secondary N) is 2. The van der Waals surface area contributed by atoms with Crippen molar-refractivity contribution in [3.63, 3.8) is 0 Å². The number of thioether (sulfide) groups is 1. The van der Waals surface area contributed by atoms with E-state index in [0.29, 0.717) is 20.6 Å². The lowest BCUT2D eigenvalue weighted by molar-refractivity contribution is -0.113. The molecule has 2 heterocycles. The van der Waals surface area contributed by atoms with E-state index in [1.54, 1.807) is 20.0 Å². The van der Waals surface area contributed by atoms with Gasteiger partial charge in [-0.15, -0.1) is 11.3 Å². The predicted molar refractivity (Wildman–Crippen MR) is 126 cm³/mol. The van der Waals surface area contributed by atoms with Gasteiger partial charge in [0.15, 0.2) is 5.16 Å². The van der Waals surface area contributed by atoms with Gasteiger partial charge in [0.05, 0.1) is 34.7 Å². The highest BCUT2D eigenvalue weighted by atomic mass is 32.2. The van der Waals surface area contributed by atoms with Crippen molar-refractivity contribution in [2.75, 3.05) is 24.7 Å². The Balaban J connectivity index is 1.75. The largest absolute Gasteiger partial charge is 0.462 e. The fraction of sp³-hybridized carbons (Fsp3) is 0.273. The highest BCUT2D eigenvalue weighted by Gasteiger charge is 2.26. The third-order valence-electron chi connectivity index (χ3n) is 4.66. The molecule has 0 aliphatic heterocycles. The maximum Gasteiger partial charge on any atom is 0.341 e. The van der Waals surface area contributed by atoms with Gasteiger partial charge in [-0.1, -0.05) is 42.1 Å². The molecule has 1 aromatic carbocycles. The summed E-state index contributed by atoms with van der Waals surface area (Å²) in [6, 6.07) is 9.86. The van der Waals surface area contributed by atoms with Gasteiger partial charge in [0.25, 0.3) is 5.91 Å². The zero-order chi connectivity index (χ0) is 23.3. The SMILES string of the molecule is CCOC(=O)c1c(NC(=O)CSc2ncc(-c3ccccc3)n2C)sc(C(=O)NC)c1C. The molecular weight excluding hydrogens is 448 g/mol. The van der Waals surface area contributed by atoms with Crippen molar-refractivity contribution in [1.82, 2.24) is 14.9 Å². The minimum absolute atomic E-state index is 0.0909. The first kappa shape index (κ1) is 23.6. The standard InChI is InChI=1S/C22H24N4O4S2/c1-5-30-21(29)17-13(2)18(19(28)23-3)32-20(17)25-16(27)12-31-22-24-11-15(26(22)4)14-9-7-6-8-10-14/h6-11H,5,12H2,1-4H3,(H,23,28)(H,25,27). The van der Waals surface area contributed by atoms with Crippen molar-refractivity contribution in [3.05, 3.63) is 52.5 Å². The monoisotopic (exact) mass is 472 g/mol. The Kier molecular flexibility index (Phi) is 7.70. The summed E-state index contributed by atoms with van der Waals surface area (Å²) in [6.07, 6.45) is 1.77. The van der Waals surface area contributed by atoms with Crippen molar-refractivity contribution in [2.45, 2.75) is 19.0 Å². The molecule has 2 N–H and O–H groups in total. The Bertz CT molecular complexity index is 1140. The van der Waals surface area contributed by atoms with Gasteiger partial charge in [0.1, 0.15) is 5.00 Å². The van der Waals surface area contributed by atoms with Gasteiger partial charge in [-0.2, -0.15) is 0 Å². The molecule has 0 atom stereocenters. The average molecular weight is 473 g/mol. The molecule has 0 aliphatic rings. The van der Waals surface area contributed by atoms with Crippen LogP contribution < -0.4 is 10.6 Å². The number of hydrogen-bond donors (Lipinski definition) is 2. The van der Waals surface area contributed by atoms with Crippen LogP contribution in [0.2, 0.25) is 0 Å². The summed E-state index contributed by atoms with van der Waals surface area (Å²) >= 11 is 2.34. The van der Waals surface area contributed by atoms with Gasteiger partial charge >= 0.3 is 5.97 Å². The van der Waals surface area contributed by atoms with Crippen LogP contribution in [0.4, 0.5) is 5.00 Å². The second kappa shape index (κ2) is 10.5. The van der Waals surface area contributed by atoms with E-state index in [0.717, 1.165) is 22.6 Å². The molecular formula is C22H24N4O4S2. The van der Waals surface area contributed by atoms with E-state index in [2.05, 4.69) is 15.6 Å². The molecule has 0 saturated heterocycles. The van der Waals surface area contributed by atoms with E-state index < -0.39 is 5.97 Å². The summed E-state index contributed by atoms with van der Waals surface area (Å²) in [5.74, 6) is -1.12. The fourth-order valence-electron chi connectivity index (χ4n) is 3.08. The maximum absolute atomic E-state index is 12.7. The molecule has 32 heavy (non-hydrogen) atoms. The van der Waals surface area contributed by atoms with Crippen LogP contribution in [0.15, 0.2) is 41.7 Å². The van der Waals surface area contributed by atoms with E-state index in [1.807, 2.05) is 41.9 Å². The second-order valence-electron chi connectivity index (χ2n) is 6.75. The zero-order valence-electron chi connectivity index (χ0n) is 18.2. The highest BCUT2D eigenvalue weighted by molar-refractivity contribution is 7.99. The summed E-state index contributed by atoms with van der Waals surface area (Å²) in [5, 5.41) is 6.30. The number of carbonyl (C=O) groups is 3. The summed E-state index contributed by atoms with van der Waals surface area (Å²) < 4.78 is 7.04. The van der Waals surface area contributed by atoms with E-state index in [9.17, 15) is 14.4 Å². The van der Waals surface area contributed by atoms with Crippen molar-refractivity contribution >= 4 is 45.9 Å². The van der Waals surface area contributed by atoms with Gasteiger partial charge in [0, 0.05) is 14.1 Å². The van der Waals surface area contributed by atoms with E-state index >= 15 is 0 Å². The Hall–Kier alpha value is -3.11. The molecule has 0 saturated carbocycles. The first-order valence-electron chi connectivity index (χ1n) is 9.89. The Morgan fingerprint density at radius 3 is 2.59 bits per heavy atom. The van der Waals surface area contributed by atoms with E-state index in [4.69, 9.17) is 4.74 Å². The summed E-state index contributed by atoms with van der Waals surface area (Å²) in [4.78, 5) is 42.0. The quantitative estimate of drug-likeness (QED) is 0.383. The number of aromatic nitrogens is 2. The zero-order valence-corrected chi connectivity index (χ0v) is 19.9. The summed E-state index contributed by atoms with van der Waals surface area (Å²) in [6.45, 7) is 3.55. The number of imidazole rings is 1. The molecule has 0 unspecified atom stereocenters. The Morgan fingerprint density at radius 2 is 1.94 bits per heavy atom. The van der Waals surface area contributed by atoms with Gasteiger partial charge < -0.3 is 19.9 Å². The van der Waals surface area contributed by atoms with Gasteiger partial charge in [0.2, 0.25) is 5.91 Å². The summed E-state index contributed by atoms with van der Waals surface area (Å²) in [7, 11) is 3.41. The van der Waals surface area contributed by atoms with Gasteiger partial charge in [-0.25, -0.2) is 9.78 Å². The Labute approximate surface area is 194 Å². The van der Waals surface area contributed by atoms with Gasteiger partial charge in [-0.05, 0) is 25.0 Å². The molecule has 2 amide bonds. The Morgan fingerprint density at radius 1 is 1.22 bits per heavy atom. The lowest BCUT2D eigenvalue weighted by Gasteiger charge is -2.08. The number of ether oxygens (including phenoxy) is 1. The molecule has 0 radical (unpaired) electrons. The number of carbonyl (C=O) groups excluding carboxylic acids is 3. The normalized spacial score (nSPS) is 10.6. The fourth-order valence-corrected chi connectivity index (χ4v) is 4.99. The van der Waals surface area contributed by atoms with Crippen LogP contribution in [-0.2, 0) is 16.6 Å². The molecule has 8 nitrogen and oxygen atoms in total. The molecule has 0 spiro atoms. The molecule has 0 bridgehead atoms. The number of benzene rings is 1. The van der Waals surface area contributed by atoms with Crippen LogP contribution in [0.5, 0.6) is 0 Å². The number of anilines is 1. The third kappa shape index (κ3) is 5.03. The smallest absolute Gasteiger partial charge is 0.341 e. The van der Waals surface area contributed by atoms with Gasteiger partial charge in [-0.3, -0.25) is 9.59 Å². The minimum atomic E-state index is -0.573. The molecule has 0 fully saturated rings. The maximum atomic E-state index is 12.7. The van der Waals surface area contributed by atoms with Crippen molar-refractivity contribution < 1.29 is 19.1 Å². The van der Waals surface area contributed by atoms with Crippen LogP contribution >= 0.6 is 23.1 Å². The van der Waals surface area contributed by atoms with Crippen LogP contribution in [0.25, 0.3) is 11.3 Å². The van der Waals surface area contributed by atoms with Crippen molar-refractivity contribution in [2.24, 2.45) is 7.05 Å². The summed E-state index contributed by atoms with van der Waals surface area (Å²) in [5.41, 5.74) is 2.67. The first-order valence-corrected chi connectivity index (χ1v) is 11.7. The molecule has 2 aromatic heterocycles. The predicted octanol–water partition coefficient (Wildman–Crippen LogP) is 3.72. The van der Waals surface area contributed by atoms with Crippen molar-refractivity contribution in [3.8, 4) is 11.3 Å². The lowest BCUT2D eigenvalue weighted by Crippen LogP contribution is -2.18. The van der Waals surface area contributed by atoms with Crippen LogP contribution in [0.1, 0.15) is 32.5 Å².